The molecule has 0 aliphatic carbocycles. The molecule has 214 valence electrons. The number of benzene rings is 2. The van der Waals surface area contributed by atoms with Gasteiger partial charge in [0.05, 0.1) is 23.2 Å². The lowest BCUT2D eigenvalue weighted by atomic mass is 10.1. The molecule has 5 rings (SSSR count). The number of aromatic nitrogens is 2. The molecular formula is C29H34ClFN4O5. The van der Waals surface area contributed by atoms with Crippen LogP contribution in [0, 0.1) is 5.82 Å². The molecule has 40 heavy (non-hydrogen) atoms. The maximum Gasteiger partial charge on any atom is 0.320 e. The van der Waals surface area contributed by atoms with Crippen LogP contribution in [0.1, 0.15) is 46.5 Å². The molecule has 3 heterocycles. The second-order valence-electron chi connectivity index (χ2n) is 10.7. The predicted octanol–water partition coefficient (Wildman–Crippen LogP) is 5.87. The third-order valence-electron chi connectivity index (χ3n) is 6.84. The molecule has 1 N–H and O–H groups in total. The van der Waals surface area contributed by atoms with Crippen LogP contribution >= 0.6 is 11.6 Å². The minimum atomic E-state index is -0.621. The fraction of sp³-hybridized carbons (Fsp3) is 0.483. The van der Waals surface area contributed by atoms with Gasteiger partial charge in [-0.05, 0) is 57.4 Å². The summed E-state index contributed by atoms with van der Waals surface area (Å²) in [5, 5.41) is 3.90. The number of hydrogen-bond donors (Lipinski definition) is 1. The molecule has 0 saturated carbocycles. The molecule has 11 heteroatoms. The van der Waals surface area contributed by atoms with Crippen molar-refractivity contribution in [3.05, 3.63) is 47.5 Å². The smallest absolute Gasteiger partial charge is 0.320 e. The Balaban J connectivity index is 1.49. The molecule has 2 aromatic carbocycles. The standard InChI is InChI=1S/C29H34ClFN4O5/c1-4-6-26(35-14-27(36)40-29(2,3)16-35)39-25-13-23-20(12-24(25)38-15-19-7-5-10-37-19)28(33-17-32-23)34-18-8-9-22(31)21(30)11-18/h8-9,11-13,17,19,26H,4-7,10,14-16H2,1-3H3,(H,32,33,34). The number of anilines is 2. The quantitative estimate of drug-likeness (QED) is 0.299. The average Bonchev–Trinajstić information content (AvgIpc) is 3.42. The number of hydrogen-bond acceptors (Lipinski definition) is 9. The van der Waals surface area contributed by atoms with Crippen LogP contribution in [0.15, 0.2) is 36.7 Å². The van der Waals surface area contributed by atoms with Crippen LogP contribution in [0.2, 0.25) is 5.02 Å². The van der Waals surface area contributed by atoms with Gasteiger partial charge in [0.1, 0.15) is 30.2 Å². The monoisotopic (exact) mass is 572 g/mol. The number of carbonyl (C=O) groups excluding carboxylic acids is 1. The van der Waals surface area contributed by atoms with Crippen molar-refractivity contribution in [2.24, 2.45) is 0 Å². The number of nitrogens with zero attached hydrogens (tertiary/aromatic N) is 3. The van der Waals surface area contributed by atoms with Crippen molar-refractivity contribution in [1.82, 2.24) is 14.9 Å². The Morgan fingerprint density at radius 3 is 2.83 bits per heavy atom. The minimum Gasteiger partial charge on any atom is -0.487 e. The van der Waals surface area contributed by atoms with E-state index in [1.165, 1.54) is 18.5 Å². The van der Waals surface area contributed by atoms with E-state index in [9.17, 15) is 9.18 Å². The number of morpholine rings is 1. The van der Waals surface area contributed by atoms with E-state index < -0.39 is 11.4 Å². The highest BCUT2D eigenvalue weighted by atomic mass is 35.5. The summed E-state index contributed by atoms with van der Waals surface area (Å²) in [4.78, 5) is 23.2. The van der Waals surface area contributed by atoms with Gasteiger partial charge in [-0.1, -0.05) is 24.9 Å². The highest BCUT2D eigenvalue weighted by molar-refractivity contribution is 6.31. The average molecular weight is 573 g/mol. The summed E-state index contributed by atoms with van der Waals surface area (Å²) < 4.78 is 37.9. The summed E-state index contributed by atoms with van der Waals surface area (Å²) in [5.41, 5.74) is 0.583. The molecule has 2 atom stereocenters. The van der Waals surface area contributed by atoms with E-state index >= 15 is 0 Å². The van der Waals surface area contributed by atoms with Crippen molar-refractivity contribution in [2.45, 2.75) is 64.4 Å². The molecule has 0 bridgehead atoms. The van der Waals surface area contributed by atoms with Gasteiger partial charge in [-0.25, -0.2) is 14.4 Å². The summed E-state index contributed by atoms with van der Waals surface area (Å²) in [7, 11) is 0. The highest BCUT2D eigenvalue weighted by Gasteiger charge is 2.37. The maximum absolute atomic E-state index is 13.7. The molecule has 2 aliphatic rings. The SMILES string of the molecule is CCCC(Oc1cc2ncnc(Nc3ccc(F)c(Cl)c3)c2cc1OCC1CCCO1)N1CC(=O)OC(C)(C)C1. The Kier molecular flexibility index (Phi) is 8.58. The molecule has 0 spiro atoms. The first-order valence-electron chi connectivity index (χ1n) is 13.6. The zero-order valence-electron chi connectivity index (χ0n) is 22.9. The second kappa shape index (κ2) is 12.1. The predicted molar refractivity (Wildman–Crippen MR) is 150 cm³/mol. The fourth-order valence-electron chi connectivity index (χ4n) is 5.03. The molecule has 0 amide bonds. The third kappa shape index (κ3) is 6.74. The number of halogens is 2. The van der Waals surface area contributed by atoms with Gasteiger partial charge >= 0.3 is 5.97 Å². The first-order chi connectivity index (χ1) is 19.2. The number of fused-ring (bicyclic) bond motifs is 1. The van der Waals surface area contributed by atoms with Gasteiger partial charge in [-0.2, -0.15) is 0 Å². The van der Waals surface area contributed by atoms with E-state index in [4.69, 9.17) is 30.5 Å². The Labute approximate surface area is 237 Å². The zero-order valence-corrected chi connectivity index (χ0v) is 23.7. The van der Waals surface area contributed by atoms with E-state index in [-0.39, 0.29) is 29.9 Å². The lowest BCUT2D eigenvalue weighted by Crippen LogP contribution is -2.55. The van der Waals surface area contributed by atoms with Crippen LogP contribution < -0.4 is 14.8 Å². The molecule has 2 aliphatic heterocycles. The van der Waals surface area contributed by atoms with E-state index in [0.717, 1.165) is 25.9 Å². The molecule has 3 aromatic rings. The number of esters is 1. The van der Waals surface area contributed by atoms with Crippen LogP contribution in [0.25, 0.3) is 10.9 Å². The van der Waals surface area contributed by atoms with Gasteiger partial charge in [0, 0.05) is 30.3 Å². The lowest BCUT2D eigenvalue weighted by Gasteiger charge is -2.41. The summed E-state index contributed by atoms with van der Waals surface area (Å²) in [5.74, 6) is 0.747. The Hall–Kier alpha value is -3.21. The van der Waals surface area contributed by atoms with Crippen molar-refractivity contribution in [3.8, 4) is 11.5 Å². The molecule has 2 unspecified atom stereocenters. The van der Waals surface area contributed by atoms with Crippen LogP contribution in [-0.2, 0) is 14.3 Å². The zero-order chi connectivity index (χ0) is 28.3. The van der Waals surface area contributed by atoms with E-state index in [1.807, 2.05) is 30.9 Å². The molecule has 1 aromatic heterocycles. The van der Waals surface area contributed by atoms with Gasteiger partial charge in [0.2, 0.25) is 0 Å². The second-order valence-corrected chi connectivity index (χ2v) is 11.1. The van der Waals surface area contributed by atoms with Crippen molar-refractivity contribution >= 4 is 40.0 Å². The fourth-order valence-corrected chi connectivity index (χ4v) is 5.21. The molecule has 9 nitrogen and oxygen atoms in total. The summed E-state index contributed by atoms with van der Waals surface area (Å²) >= 11 is 5.98. The summed E-state index contributed by atoms with van der Waals surface area (Å²) in [6.07, 6.45) is 4.55. The van der Waals surface area contributed by atoms with Crippen molar-refractivity contribution < 1.29 is 28.1 Å². The van der Waals surface area contributed by atoms with Crippen LogP contribution in [0.5, 0.6) is 11.5 Å². The van der Waals surface area contributed by atoms with Crippen molar-refractivity contribution in [2.75, 3.05) is 31.6 Å². The normalized spacial score (nSPS) is 19.8. The number of cyclic esters (lactones) is 1. The Bertz CT molecular complexity index is 1370. The Morgan fingerprint density at radius 2 is 2.10 bits per heavy atom. The van der Waals surface area contributed by atoms with E-state index in [2.05, 4.69) is 22.2 Å². The molecule has 2 fully saturated rings. The van der Waals surface area contributed by atoms with E-state index in [1.54, 1.807) is 6.07 Å². The number of ether oxygens (including phenoxy) is 4. The van der Waals surface area contributed by atoms with Gasteiger partial charge in [-0.3, -0.25) is 9.69 Å². The summed E-state index contributed by atoms with van der Waals surface area (Å²) in [6, 6.07) is 8.03. The van der Waals surface area contributed by atoms with E-state index in [0.29, 0.717) is 53.5 Å². The molecular weight excluding hydrogens is 539 g/mol. The van der Waals surface area contributed by atoms with Crippen molar-refractivity contribution in [1.29, 1.82) is 0 Å². The largest absolute Gasteiger partial charge is 0.487 e. The number of rotatable bonds is 10. The van der Waals surface area contributed by atoms with Gasteiger partial charge < -0.3 is 24.3 Å². The maximum atomic E-state index is 13.7. The highest BCUT2D eigenvalue weighted by Crippen LogP contribution is 2.37. The van der Waals surface area contributed by atoms with Crippen molar-refractivity contribution in [3.63, 3.8) is 0 Å². The third-order valence-corrected chi connectivity index (χ3v) is 7.13. The summed E-state index contributed by atoms with van der Waals surface area (Å²) in [6.45, 7) is 7.64. The minimum absolute atomic E-state index is 0.00127. The first-order valence-corrected chi connectivity index (χ1v) is 14.0. The van der Waals surface area contributed by atoms with Gasteiger partial charge in [-0.15, -0.1) is 0 Å². The number of nitrogens with one attached hydrogen (secondary N) is 1. The van der Waals surface area contributed by atoms with Crippen LogP contribution in [0.3, 0.4) is 0 Å². The molecule has 0 radical (unpaired) electrons. The number of carbonyl (C=O) groups is 1. The Morgan fingerprint density at radius 1 is 1.25 bits per heavy atom. The topological polar surface area (TPSA) is 95.0 Å². The van der Waals surface area contributed by atoms with Gasteiger partial charge in [0.25, 0.3) is 0 Å². The van der Waals surface area contributed by atoms with Crippen LogP contribution in [0.4, 0.5) is 15.9 Å². The lowest BCUT2D eigenvalue weighted by molar-refractivity contribution is -0.177. The first kappa shape index (κ1) is 28.3. The molecule has 2 saturated heterocycles. The van der Waals surface area contributed by atoms with Crippen LogP contribution in [-0.4, -0.2) is 65.1 Å². The van der Waals surface area contributed by atoms with Gasteiger partial charge in [0.15, 0.2) is 17.7 Å².